The van der Waals surface area contributed by atoms with Crippen molar-refractivity contribution in [3.05, 3.63) is 36.0 Å². The molecule has 0 spiro atoms. The monoisotopic (exact) mass is 184 g/mol. The molecule has 0 aliphatic heterocycles. The lowest BCUT2D eigenvalue weighted by Crippen LogP contribution is -2.14. The summed E-state index contributed by atoms with van der Waals surface area (Å²) in [4.78, 5) is 0. The van der Waals surface area contributed by atoms with Crippen LogP contribution in [0, 0.1) is 0 Å². The Morgan fingerprint density at radius 2 is 2.33 bits per heavy atom. The predicted octanol–water partition coefficient (Wildman–Crippen LogP) is 1.39. The summed E-state index contributed by atoms with van der Waals surface area (Å²) in [6.45, 7) is 0. The van der Waals surface area contributed by atoms with Crippen LogP contribution < -0.4 is 5.73 Å². The molecule has 0 aromatic rings. The Morgan fingerprint density at radius 1 is 1.58 bits per heavy atom. The van der Waals surface area contributed by atoms with Crippen LogP contribution in [0.5, 0.6) is 0 Å². The highest BCUT2D eigenvalue weighted by Gasteiger charge is 2.04. The number of nitrogens with two attached hydrogens (primary N) is 1. The van der Waals surface area contributed by atoms with Gasteiger partial charge < -0.3 is 10.9 Å². The Bertz CT molecular complexity index is 279. The van der Waals surface area contributed by atoms with E-state index < -0.39 is 0 Å². The molecule has 0 aromatic heterocycles. The van der Waals surface area contributed by atoms with Crippen LogP contribution >= 0.6 is 11.6 Å². The molecule has 0 aromatic carbocycles. The van der Waals surface area contributed by atoms with Gasteiger partial charge in [0.25, 0.3) is 0 Å². The number of halogens is 1. The van der Waals surface area contributed by atoms with Gasteiger partial charge in [-0.05, 0) is 0 Å². The van der Waals surface area contributed by atoms with Crippen molar-refractivity contribution >= 4 is 16.8 Å². The standard InChI is InChI=1S/C8H9ClN2O/c9-8(11-12)6-3-1-2-4-7(10)5-6/h1-5,7,12H,10H2/b11-8-. The normalized spacial score (nSPS) is 23.7. The van der Waals surface area contributed by atoms with Gasteiger partial charge in [-0.2, -0.15) is 0 Å². The van der Waals surface area contributed by atoms with Crippen LogP contribution in [0.25, 0.3) is 0 Å². The molecule has 0 heterocycles. The first-order valence-corrected chi connectivity index (χ1v) is 3.82. The summed E-state index contributed by atoms with van der Waals surface area (Å²) < 4.78 is 0. The van der Waals surface area contributed by atoms with Crippen LogP contribution in [0.3, 0.4) is 0 Å². The minimum Gasteiger partial charge on any atom is -0.410 e. The van der Waals surface area contributed by atoms with Crippen molar-refractivity contribution < 1.29 is 5.21 Å². The maximum Gasteiger partial charge on any atom is 0.175 e. The summed E-state index contributed by atoms with van der Waals surface area (Å²) in [6, 6.07) is -0.189. The summed E-state index contributed by atoms with van der Waals surface area (Å²) in [5.74, 6) is 0. The highest BCUT2D eigenvalue weighted by Crippen LogP contribution is 2.09. The molecule has 4 heteroatoms. The van der Waals surface area contributed by atoms with Crippen LogP contribution in [-0.2, 0) is 0 Å². The summed E-state index contributed by atoms with van der Waals surface area (Å²) in [5.41, 5.74) is 6.24. The summed E-state index contributed by atoms with van der Waals surface area (Å²) in [6.07, 6.45) is 8.85. The van der Waals surface area contributed by atoms with E-state index in [9.17, 15) is 0 Å². The fraction of sp³-hybridized carbons (Fsp3) is 0.125. The van der Waals surface area contributed by atoms with Gasteiger partial charge in [0, 0.05) is 11.6 Å². The molecule has 12 heavy (non-hydrogen) atoms. The molecule has 64 valence electrons. The molecule has 0 saturated carbocycles. The fourth-order valence-electron chi connectivity index (χ4n) is 0.865. The van der Waals surface area contributed by atoms with E-state index >= 15 is 0 Å². The number of oxime groups is 1. The number of allylic oxidation sites excluding steroid dienone is 4. The smallest absolute Gasteiger partial charge is 0.175 e. The second-order valence-corrected chi connectivity index (χ2v) is 2.69. The largest absolute Gasteiger partial charge is 0.410 e. The quantitative estimate of drug-likeness (QED) is 0.368. The Labute approximate surface area is 75.5 Å². The van der Waals surface area contributed by atoms with Crippen molar-refractivity contribution in [2.45, 2.75) is 6.04 Å². The predicted molar refractivity (Wildman–Crippen MR) is 49.4 cm³/mol. The lowest BCUT2D eigenvalue weighted by molar-refractivity contribution is 0.321. The highest BCUT2D eigenvalue weighted by molar-refractivity contribution is 6.69. The van der Waals surface area contributed by atoms with Gasteiger partial charge in [0.1, 0.15) is 0 Å². The molecule has 1 aliphatic carbocycles. The molecule has 1 aliphatic rings. The van der Waals surface area contributed by atoms with Crippen LogP contribution in [0.1, 0.15) is 0 Å². The van der Waals surface area contributed by atoms with E-state index in [4.69, 9.17) is 22.5 Å². The van der Waals surface area contributed by atoms with Gasteiger partial charge in [0.2, 0.25) is 0 Å². The Balaban J connectivity index is 2.91. The lowest BCUT2D eigenvalue weighted by atomic mass is 10.2. The molecule has 0 amide bonds. The first-order valence-electron chi connectivity index (χ1n) is 3.44. The first kappa shape index (κ1) is 9.03. The second kappa shape index (κ2) is 4.09. The molecule has 1 rings (SSSR count). The van der Waals surface area contributed by atoms with E-state index in [0.717, 1.165) is 0 Å². The molecule has 1 atom stereocenters. The molecule has 0 bridgehead atoms. The van der Waals surface area contributed by atoms with E-state index in [1.54, 1.807) is 18.2 Å². The molecule has 0 saturated heterocycles. The van der Waals surface area contributed by atoms with Gasteiger partial charge in [-0.15, -0.1) is 0 Å². The van der Waals surface area contributed by atoms with Crippen molar-refractivity contribution in [3.8, 4) is 0 Å². The minimum absolute atomic E-state index is 0.0467. The Hall–Kier alpha value is -1.06. The number of rotatable bonds is 1. The molecule has 0 fully saturated rings. The van der Waals surface area contributed by atoms with Crippen molar-refractivity contribution in [3.63, 3.8) is 0 Å². The van der Waals surface area contributed by atoms with Crippen LogP contribution in [-0.4, -0.2) is 16.4 Å². The number of nitrogens with zero attached hydrogens (tertiary/aromatic N) is 1. The molecule has 3 N–H and O–H groups in total. The molecule has 1 unspecified atom stereocenters. The minimum atomic E-state index is -0.189. The van der Waals surface area contributed by atoms with Gasteiger partial charge in [0.15, 0.2) is 5.17 Å². The van der Waals surface area contributed by atoms with E-state index in [0.29, 0.717) is 5.57 Å². The van der Waals surface area contributed by atoms with E-state index in [1.807, 2.05) is 12.2 Å². The van der Waals surface area contributed by atoms with Crippen LogP contribution in [0.15, 0.2) is 41.1 Å². The van der Waals surface area contributed by atoms with Gasteiger partial charge in [0.05, 0.1) is 0 Å². The van der Waals surface area contributed by atoms with Gasteiger partial charge in [-0.3, -0.25) is 0 Å². The van der Waals surface area contributed by atoms with Crippen molar-refractivity contribution in [1.82, 2.24) is 0 Å². The third-order valence-corrected chi connectivity index (χ3v) is 1.71. The molecular weight excluding hydrogens is 176 g/mol. The second-order valence-electron chi connectivity index (χ2n) is 2.33. The SMILES string of the molecule is NC1C=CC=CC(/C(Cl)=N/O)=C1. The van der Waals surface area contributed by atoms with E-state index in [1.165, 1.54) is 0 Å². The third kappa shape index (κ3) is 2.22. The lowest BCUT2D eigenvalue weighted by Gasteiger charge is -1.99. The topological polar surface area (TPSA) is 58.6 Å². The fourth-order valence-corrected chi connectivity index (χ4v) is 0.991. The van der Waals surface area contributed by atoms with Gasteiger partial charge >= 0.3 is 0 Å². The summed E-state index contributed by atoms with van der Waals surface area (Å²) in [5, 5.41) is 11.3. The van der Waals surface area contributed by atoms with Crippen LogP contribution in [0.4, 0.5) is 0 Å². The van der Waals surface area contributed by atoms with Crippen molar-refractivity contribution in [2.75, 3.05) is 0 Å². The van der Waals surface area contributed by atoms with E-state index in [-0.39, 0.29) is 11.2 Å². The Morgan fingerprint density at radius 3 is 3.00 bits per heavy atom. The van der Waals surface area contributed by atoms with E-state index in [2.05, 4.69) is 5.16 Å². The zero-order valence-corrected chi connectivity index (χ0v) is 7.07. The third-order valence-electron chi connectivity index (χ3n) is 1.42. The number of hydrogen-bond acceptors (Lipinski definition) is 3. The van der Waals surface area contributed by atoms with Crippen molar-refractivity contribution in [2.24, 2.45) is 10.9 Å². The zero-order chi connectivity index (χ0) is 8.97. The average Bonchev–Trinajstić information content (AvgIpc) is 2.28. The maximum absolute atomic E-state index is 8.39. The van der Waals surface area contributed by atoms with Crippen LogP contribution in [0.2, 0.25) is 0 Å². The average molecular weight is 185 g/mol. The summed E-state index contributed by atoms with van der Waals surface area (Å²) >= 11 is 5.58. The van der Waals surface area contributed by atoms with Gasteiger partial charge in [-0.1, -0.05) is 47.1 Å². The molecular formula is C8H9ClN2O. The highest BCUT2D eigenvalue weighted by atomic mass is 35.5. The summed E-state index contributed by atoms with van der Waals surface area (Å²) in [7, 11) is 0. The molecule has 0 radical (unpaired) electrons. The maximum atomic E-state index is 8.39. The van der Waals surface area contributed by atoms with Crippen molar-refractivity contribution in [1.29, 1.82) is 0 Å². The molecule has 3 nitrogen and oxygen atoms in total. The first-order chi connectivity index (χ1) is 5.74. The zero-order valence-electron chi connectivity index (χ0n) is 6.31. The number of hydrogen-bond donors (Lipinski definition) is 2. The Kier molecular flexibility index (Phi) is 3.08. The van der Waals surface area contributed by atoms with Gasteiger partial charge in [-0.25, -0.2) is 0 Å².